The molecule has 4 nitrogen and oxygen atoms in total. The zero-order valence-corrected chi connectivity index (χ0v) is 23.2. The van der Waals surface area contributed by atoms with Gasteiger partial charge in [0.2, 0.25) is 5.91 Å². The predicted molar refractivity (Wildman–Crippen MR) is 147 cm³/mol. The lowest BCUT2D eigenvalue weighted by Gasteiger charge is -2.19. The highest BCUT2D eigenvalue weighted by molar-refractivity contribution is 6.42. The summed E-state index contributed by atoms with van der Waals surface area (Å²) in [7, 11) is 0. The zero-order valence-electron chi connectivity index (χ0n) is 21.7. The smallest absolute Gasteiger partial charge is 0.361 e. The standard InChI is InChI=1S/C29H24Cl2F7N3O/c30-24-3-1-17(11-25(24)31)22(6-8-39-7-5-18-15-40-26-4-2-21(32)13-23(18)26)27(42)41-14-16-9-19(28(33,34)35)12-20(10-16)29(36,37)38/h1-4,9-13,15,22,39-40H,5-8,14H2,(H,41,42). The Morgan fingerprint density at radius 3 is 2.19 bits per heavy atom. The van der Waals surface area contributed by atoms with E-state index < -0.39 is 41.8 Å². The number of nitrogens with one attached hydrogen (secondary N) is 3. The Labute approximate surface area is 246 Å². The van der Waals surface area contributed by atoms with Gasteiger partial charge in [0.05, 0.1) is 27.1 Å². The van der Waals surface area contributed by atoms with E-state index in [4.69, 9.17) is 23.2 Å². The Morgan fingerprint density at radius 2 is 1.55 bits per heavy atom. The molecule has 0 aliphatic carbocycles. The number of H-pyrrole nitrogens is 1. The number of fused-ring (bicyclic) bond motifs is 1. The van der Waals surface area contributed by atoms with E-state index in [1.165, 1.54) is 24.3 Å². The summed E-state index contributed by atoms with van der Waals surface area (Å²) in [5.41, 5.74) is -1.13. The number of aromatic amines is 1. The van der Waals surface area contributed by atoms with E-state index in [0.717, 1.165) is 16.5 Å². The summed E-state index contributed by atoms with van der Waals surface area (Å²) in [5.74, 6) is -1.82. The molecule has 3 aromatic carbocycles. The molecule has 224 valence electrons. The first-order valence-corrected chi connectivity index (χ1v) is 13.4. The van der Waals surface area contributed by atoms with Crippen molar-refractivity contribution in [1.82, 2.24) is 15.6 Å². The van der Waals surface area contributed by atoms with E-state index >= 15 is 0 Å². The SMILES string of the molecule is O=C(NCc1cc(C(F)(F)F)cc(C(F)(F)F)c1)C(CCNCCc1c[nH]c2ccc(F)cc12)c1ccc(Cl)c(Cl)c1. The molecule has 0 aliphatic rings. The molecule has 0 aliphatic heterocycles. The van der Waals surface area contributed by atoms with Crippen molar-refractivity contribution >= 4 is 40.0 Å². The second-order valence-electron chi connectivity index (χ2n) is 9.65. The van der Waals surface area contributed by atoms with Gasteiger partial charge in [-0.15, -0.1) is 0 Å². The number of benzene rings is 3. The van der Waals surface area contributed by atoms with Crippen LogP contribution in [0.3, 0.4) is 0 Å². The first kappa shape index (κ1) is 31.7. The summed E-state index contributed by atoms with van der Waals surface area (Å²) < 4.78 is 93.1. The molecule has 0 fully saturated rings. The van der Waals surface area contributed by atoms with E-state index in [2.05, 4.69) is 15.6 Å². The van der Waals surface area contributed by atoms with Crippen LogP contribution in [-0.4, -0.2) is 24.0 Å². The van der Waals surface area contributed by atoms with Crippen molar-refractivity contribution in [2.24, 2.45) is 0 Å². The van der Waals surface area contributed by atoms with Gasteiger partial charge in [0.1, 0.15) is 5.82 Å². The highest BCUT2D eigenvalue weighted by Crippen LogP contribution is 2.36. The molecule has 4 rings (SSSR count). The third-order valence-electron chi connectivity index (χ3n) is 6.69. The molecule has 0 saturated heterocycles. The molecule has 0 saturated carbocycles. The van der Waals surface area contributed by atoms with Gasteiger partial charge < -0.3 is 15.6 Å². The topological polar surface area (TPSA) is 56.9 Å². The molecular formula is C29H24Cl2F7N3O. The van der Waals surface area contributed by atoms with Crippen LogP contribution >= 0.6 is 23.2 Å². The van der Waals surface area contributed by atoms with E-state index in [1.54, 1.807) is 18.3 Å². The van der Waals surface area contributed by atoms with Gasteiger partial charge in [-0.1, -0.05) is 29.3 Å². The molecule has 0 bridgehead atoms. The van der Waals surface area contributed by atoms with Crippen LogP contribution in [0.2, 0.25) is 10.0 Å². The molecule has 3 N–H and O–H groups in total. The fourth-order valence-electron chi connectivity index (χ4n) is 4.56. The summed E-state index contributed by atoms with van der Waals surface area (Å²) in [4.78, 5) is 16.3. The fraction of sp³-hybridized carbons (Fsp3) is 0.276. The molecule has 1 aromatic heterocycles. The number of hydrogen-bond donors (Lipinski definition) is 3. The second kappa shape index (κ2) is 12.9. The number of aromatic nitrogens is 1. The molecule has 42 heavy (non-hydrogen) atoms. The second-order valence-corrected chi connectivity index (χ2v) is 10.5. The minimum Gasteiger partial charge on any atom is -0.361 e. The Balaban J connectivity index is 1.44. The van der Waals surface area contributed by atoms with Crippen LogP contribution in [0.5, 0.6) is 0 Å². The molecule has 13 heteroatoms. The maximum Gasteiger partial charge on any atom is 0.416 e. The minimum absolute atomic E-state index is 0.0300. The molecule has 0 radical (unpaired) electrons. The molecule has 1 atom stereocenters. The molecule has 1 unspecified atom stereocenters. The van der Waals surface area contributed by atoms with Gasteiger partial charge in [-0.25, -0.2) is 4.39 Å². The van der Waals surface area contributed by atoms with Crippen molar-refractivity contribution in [2.45, 2.75) is 37.7 Å². The molecule has 4 aromatic rings. The Kier molecular flexibility index (Phi) is 9.74. The van der Waals surface area contributed by atoms with Gasteiger partial charge in [-0.05, 0) is 91.2 Å². The molecule has 0 spiro atoms. The van der Waals surface area contributed by atoms with Crippen molar-refractivity contribution in [2.75, 3.05) is 13.1 Å². The third kappa shape index (κ3) is 7.96. The van der Waals surface area contributed by atoms with Gasteiger partial charge in [-0.2, -0.15) is 26.3 Å². The molecule has 1 amide bonds. The predicted octanol–water partition coefficient (Wildman–Crippen LogP) is 8.27. The van der Waals surface area contributed by atoms with E-state index in [1.807, 2.05) is 0 Å². The van der Waals surface area contributed by atoms with Crippen molar-refractivity contribution in [3.05, 3.63) is 104 Å². The third-order valence-corrected chi connectivity index (χ3v) is 7.43. The van der Waals surface area contributed by atoms with Crippen LogP contribution in [0.4, 0.5) is 30.7 Å². The lowest BCUT2D eigenvalue weighted by Crippen LogP contribution is -2.31. The average Bonchev–Trinajstić information content (AvgIpc) is 3.31. The number of halogens is 9. The quantitative estimate of drug-likeness (QED) is 0.122. The van der Waals surface area contributed by atoms with Crippen LogP contribution < -0.4 is 10.6 Å². The molecular weight excluding hydrogens is 610 g/mol. The normalized spacial score (nSPS) is 13.0. The number of carbonyl (C=O) groups is 1. The van der Waals surface area contributed by atoms with Gasteiger partial charge in [0.15, 0.2) is 0 Å². The average molecular weight is 634 g/mol. The number of hydrogen-bond acceptors (Lipinski definition) is 2. The monoisotopic (exact) mass is 633 g/mol. The summed E-state index contributed by atoms with van der Waals surface area (Å²) in [6.45, 7) is 0.259. The lowest BCUT2D eigenvalue weighted by atomic mass is 9.94. The van der Waals surface area contributed by atoms with Crippen molar-refractivity contribution in [1.29, 1.82) is 0 Å². The summed E-state index contributed by atoms with van der Waals surface area (Å²) in [6, 6.07) is 10.2. The van der Waals surface area contributed by atoms with Gasteiger partial charge in [-0.3, -0.25) is 4.79 Å². The largest absolute Gasteiger partial charge is 0.416 e. The van der Waals surface area contributed by atoms with Gasteiger partial charge >= 0.3 is 12.4 Å². The fourth-order valence-corrected chi connectivity index (χ4v) is 4.87. The highest BCUT2D eigenvalue weighted by atomic mass is 35.5. The number of alkyl halides is 6. The maximum atomic E-state index is 13.6. The van der Waals surface area contributed by atoms with Crippen LogP contribution in [0.25, 0.3) is 10.9 Å². The summed E-state index contributed by atoms with van der Waals surface area (Å²) in [6.07, 6.45) is -7.44. The highest BCUT2D eigenvalue weighted by Gasteiger charge is 2.37. The van der Waals surface area contributed by atoms with Crippen molar-refractivity contribution in [3.8, 4) is 0 Å². The van der Waals surface area contributed by atoms with Gasteiger partial charge in [0, 0.05) is 23.6 Å². The van der Waals surface area contributed by atoms with E-state index in [0.29, 0.717) is 37.2 Å². The molecule has 1 heterocycles. The number of carbonyl (C=O) groups excluding carboxylic acids is 1. The Hall–Kier alpha value is -3.28. The number of amides is 1. The first-order chi connectivity index (χ1) is 19.7. The lowest BCUT2D eigenvalue weighted by molar-refractivity contribution is -0.143. The van der Waals surface area contributed by atoms with Crippen LogP contribution in [-0.2, 0) is 30.1 Å². The van der Waals surface area contributed by atoms with Crippen molar-refractivity contribution < 1.29 is 35.5 Å². The van der Waals surface area contributed by atoms with E-state index in [9.17, 15) is 35.5 Å². The Bertz CT molecular complexity index is 1540. The van der Waals surface area contributed by atoms with Crippen LogP contribution in [0.15, 0.2) is 60.8 Å². The van der Waals surface area contributed by atoms with E-state index in [-0.39, 0.29) is 33.9 Å². The first-order valence-electron chi connectivity index (χ1n) is 12.7. The van der Waals surface area contributed by atoms with Crippen molar-refractivity contribution in [3.63, 3.8) is 0 Å². The Morgan fingerprint density at radius 1 is 0.857 bits per heavy atom. The van der Waals surface area contributed by atoms with Crippen LogP contribution in [0, 0.1) is 5.82 Å². The van der Waals surface area contributed by atoms with Crippen LogP contribution in [0.1, 0.15) is 40.2 Å². The summed E-state index contributed by atoms with van der Waals surface area (Å²) >= 11 is 12.1. The number of rotatable bonds is 10. The maximum absolute atomic E-state index is 13.6. The summed E-state index contributed by atoms with van der Waals surface area (Å²) in [5, 5.41) is 6.85. The van der Waals surface area contributed by atoms with Gasteiger partial charge in [0.25, 0.3) is 0 Å². The zero-order chi connectivity index (χ0) is 30.7. The minimum atomic E-state index is -5.00.